The average molecular weight is 447 g/mol. The van der Waals surface area contributed by atoms with E-state index >= 15 is 0 Å². The van der Waals surface area contributed by atoms with Gasteiger partial charge in [0.15, 0.2) is 0 Å². The first-order valence-electron chi connectivity index (χ1n) is 9.60. The molecular weight excluding hydrogens is 424 g/mol. The van der Waals surface area contributed by atoms with Gasteiger partial charge in [0.25, 0.3) is 0 Å². The molecule has 1 N–H and O–H groups in total. The number of hydrogen-bond donors (Lipinski definition) is 1. The number of carbonyl (C=O) groups is 1. The first-order valence-corrected chi connectivity index (χ1v) is 11.5. The van der Waals surface area contributed by atoms with Crippen LogP contribution in [0.4, 0.5) is 0 Å². The molecule has 1 atom stereocenters. The van der Waals surface area contributed by atoms with E-state index in [1.165, 1.54) is 0 Å². The molecule has 6 nitrogen and oxygen atoms in total. The van der Waals surface area contributed by atoms with Crippen molar-refractivity contribution in [1.29, 1.82) is 0 Å². The summed E-state index contributed by atoms with van der Waals surface area (Å²) in [5.41, 5.74) is 2.32. The number of ether oxygens (including phenoxy) is 1. The van der Waals surface area contributed by atoms with Crippen molar-refractivity contribution >= 4 is 38.5 Å². The number of benzene rings is 2. The van der Waals surface area contributed by atoms with E-state index < -0.39 is 21.7 Å². The van der Waals surface area contributed by atoms with Crippen LogP contribution in [0.1, 0.15) is 43.6 Å². The van der Waals surface area contributed by atoms with E-state index in [1.54, 1.807) is 24.3 Å². The normalized spacial score (nSPS) is 17.8. The van der Waals surface area contributed by atoms with Crippen LogP contribution in [0.25, 0.3) is 10.9 Å². The van der Waals surface area contributed by atoms with E-state index in [9.17, 15) is 13.2 Å². The molecule has 0 radical (unpaired) electrons. The van der Waals surface area contributed by atoms with Gasteiger partial charge in [-0.05, 0) is 51.5 Å². The van der Waals surface area contributed by atoms with E-state index in [4.69, 9.17) is 16.3 Å². The summed E-state index contributed by atoms with van der Waals surface area (Å²) in [4.78, 5) is 12.8. The molecule has 0 spiro atoms. The monoisotopic (exact) mass is 446 g/mol. The molecule has 0 bridgehead atoms. The maximum Gasteiger partial charge on any atom is 0.326 e. The third-order valence-electron chi connectivity index (χ3n) is 5.13. The highest BCUT2D eigenvalue weighted by Crippen LogP contribution is 2.42. The Balaban J connectivity index is 1.91. The molecule has 2 heterocycles. The van der Waals surface area contributed by atoms with Crippen molar-refractivity contribution in [2.75, 3.05) is 0 Å². The number of esters is 1. The topological polar surface area (TPSA) is 77.4 Å². The van der Waals surface area contributed by atoms with Gasteiger partial charge in [-0.25, -0.2) is 8.42 Å². The summed E-state index contributed by atoms with van der Waals surface area (Å²) < 4.78 is 35.5. The lowest BCUT2D eigenvalue weighted by atomic mass is 9.97. The molecule has 0 amide bonds. The van der Waals surface area contributed by atoms with Crippen LogP contribution in [-0.2, 0) is 26.1 Å². The Hall–Kier alpha value is -2.35. The summed E-state index contributed by atoms with van der Waals surface area (Å²) in [5.74, 6) is -0.374. The van der Waals surface area contributed by atoms with Gasteiger partial charge in [-0.3, -0.25) is 4.79 Å². The molecule has 1 aliphatic rings. The molecule has 2 aromatic carbocycles. The number of aromatic nitrogens is 1. The van der Waals surface area contributed by atoms with E-state index in [1.807, 2.05) is 50.5 Å². The van der Waals surface area contributed by atoms with Gasteiger partial charge in [0.2, 0.25) is 10.0 Å². The molecule has 8 heteroatoms. The van der Waals surface area contributed by atoms with Crippen LogP contribution in [0, 0.1) is 6.92 Å². The van der Waals surface area contributed by atoms with Gasteiger partial charge in [0, 0.05) is 16.6 Å². The zero-order valence-electron chi connectivity index (χ0n) is 17.2. The minimum atomic E-state index is -3.63. The fraction of sp³-hybridized carbons (Fsp3) is 0.318. The van der Waals surface area contributed by atoms with Gasteiger partial charge < -0.3 is 9.30 Å². The number of hydrogen-bond acceptors (Lipinski definition) is 4. The Morgan fingerprint density at radius 1 is 1.17 bits per heavy atom. The molecule has 4 rings (SSSR count). The average Bonchev–Trinajstić information content (AvgIpc) is 3.06. The van der Waals surface area contributed by atoms with Crippen LogP contribution in [0.15, 0.2) is 47.4 Å². The summed E-state index contributed by atoms with van der Waals surface area (Å²) in [6, 6.07) is 11.8. The molecule has 30 heavy (non-hydrogen) atoms. The molecule has 0 aliphatic carbocycles. The third kappa shape index (κ3) is 3.51. The second-order valence-electron chi connectivity index (χ2n) is 8.40. The second-order valence-corrected chi connectivity index (χ2v) is 10.5. The van der Waals surface area contributed by atoms with Crippen LogP contribution in [0.3, 0.4) is 0 Å². The molecule has 0 saturated carbocycles. The molecule has 1 aliphatic heterocycles. The molecule has 1 unspecified atom stereocenters. The Morgan fingerprint density at radius 2 is 1.87 bits per heavy atom. The fourth-order valence-electron chi connectivity index (χ4n) is 4.03. The zero-order chi connectivity index (χ0) is 21.8. The predicted octanol–water partition coefficient (Wildman–Crippen LogP) is 4.33. The largest absolute Gasteiger partial charge is 0.459 e. The number of nitrogens with one attached hydrogen (secondary N) is 1. The van der Waals surface area contributed by atoms with Crippen LogP contribution < -0.4 is 4.72 Å². The first-order chi connectivity index (χ1) is 14.0. The summed E-state index contributed by atoms with van der Waals surface area (Å²) in [7, 11) is -3.63. The third-order valence-corrected chi connectivity index (χ3v) is 6.95. The highest BCUT2D eigenvalue weighted by atomic mass is 35.5. The quantitative estimate of drug-likeness (QED) is 0.607. The number of rotatable bonds is 3. The highest BCUT2D eigenvalue weighted by molar-refractivity contribution is 7.89. The fourth-order valence-corrected chi connectivity index (χ4v) is 5.74. The van der Waals surface area contributed by atoms with Crippen molar-refractivity contribution in [3.63, 3.8) is 0 Å². The predicted molar refractivity (Wildman–Crippen MR) is 116 cm³/mol. The Labute approximate surface area is 180 Å². The molecule has 3 aromatic rings. The lowest BCUT2D eigenvalue weighted by Crippen LogP contribution is -2.27. The van der Waals surface area contributed by atoms with Crippen LogP contribution in [-0.4, -0.2) is 24.6 Å². The summed E-state index contributed by atoms with van der Waals surface area (Å²) in [6.07, 6.45) is 0. The van der Waals surface area contributed by atoms with E-state index in [-0.39, 0.29) is 17.4 Å². The van der Waals surface area contributed by atoms with Gasteiger partial charge in [-0.1, -0.05) is 35.9 Å². The summed E-state index contributed by atoms with van der Waals surface area (Å²) in [6.45, 7) is 7.32. The van der Waals surface area contributed by atoms with Crippen molar-refractivity contribution < 1.29 is 17.9 Å². The van der Waals surface area contributed by atoms with Crippen molar-refractivity contribution in [3.8, 4) is 0 Å². The lowest BCUT2D eigenvalue weighted by Gasteiger charge is -2.20. The van der Waals surface area contributed by atoms with E-state index in [0.717, 1.165) is 22.2 Å². The minimum Gasteiger partial charge on any atom is -0.459 e. The SMILES string of the molecule is Cc1c(C2NS(=O)(=O)c3ccccc32)c2c(Cl)cccc2n1CC(=O)OC(C)(C)C. The number of fused-ring (bicyclic) bond motifs is 2. The van der Waals surface area contributed by atoms with Crippen molar-refractivity contribution in [2.24, 2.45) is 0 Å². The summed E-state index contributed by atoms with van der Waals surface area (Å²) in [5, 5.41) is 1.22. The maximum absolute atomic E-state index is 12.7. The van der Waals surface area contributed by atoms with Gasteiger partial charge >= 0.3 is 5.97 Å². The summed E-state index contributed by atoms with van der Waals surface area (Å²) >= 11 is 6.56. The van der Waals surface area contributed by atoms with E-state index in [2.05, 4.69) is 4.72 Å². The minimum absolute atomic E-state index is 0.00105. The standard InChI is InChI=1S/C22H23ClN2O4S/c1-13-19(21-14-8-5-6-11-17(14)30(27,28)24-21)20-15(23)9-7-10-16(20)25(13)12-18(26)29-22(2,3)4/h5-11,21,24H,12H2,1-4H3. The van der Waals surface area contributed by atoms with Gasteiger partial charge in [-0.2, -0.15) is 4.72 Å². The van der Waals surface area contributed by atoms with Crippen LogP contribution in [0.5, 0.6) is 0 Å². The maximum atomic E-state index is 12.7. The molecule has 0 saturated heterocycles. The van der Waals surface area contributed by atoms with Gasteiger partial charge in [0.05, 0.1) is 21.5 Å². The smallest absolute Gasteiger partial charge is 0.326 e. The number of sulfonamides is 1. The number of halogens is 1. The highest BCUT2D eigenvalue weighted by Gasteiger charge is 2.38. The first kappa shape index (κ1) is 20.9. The number of carbonyl (C=O) groups excluding carboxylic acids is 1. The number of nitrogens with zero attached hydrogens (tertiary/aromatic N) is 1. The van der Waals surface area contributed by atoms with Gasteiger partial charge in [-0.15, -0.1) is 0 Å². The van der Waals surface area contributed by atoms with Crippen LogP contribution >= 0.6 is 11.6 Å². The van der Waals surface area contributed by atoms with E-state index in [0.29, 0.717) is 10.6 Å². The Bertz CT molecular complexity index is 1270. The van der Waals surface area contributed by atoms with Gasteiger partial charge in [0.1, 0.15) is 12.1 Å². The lowest BCUT2D eigenvalue weighted by molar-refractivity contribution is -0.155. The second kappa shape index (κ2) is 7.11. The van der Waals surface area contributed by atoms with Crippen LogP contribution in [0.2, 0.25) is 5.02 Å². The molecule has 158 valence electrons. The van der Waals surface area contributed by atoms with Crippen molar-refractivity contribution in [1.82, 2.24) is 9.29 Å². The molecular formula is C22H23ClN2O4S. The van der Waals surface area contributed by atoms with Crippen molar-refractivity contribution in [2.45, 2.75) is 50.8 Å². The Kier molecular flexibility index (Phi) is 4.96. The molecule has 0 fully saturated rings. The zero-order valence-corrected chi connectivity index (χ0v) is 18.8. The molecule has 1 aromatic heterocycles. The van der Waals surface area contributed by atoms with Crippen molar-refractivity contribution in [3.05, 3.63) is 64.3 Å². The Morgan fingerprint density at radius 3 is 2.57 bits per heavy atom.